The minimum absolute atomic E-state index is 0.377. The van der Waals surface area contributed by atoms with E-state index in [1.807, 2.05) is 12.1 Å². The maximum atomic E-state index is 9.95. The molecule has 2 aliphatic rings. The molecule has 0 saturated carbocycles. The number of pyridine rings is 1. The normalized spacial score (nSPS) is 29.5. The van der Waals surface area contributed by atoms with Crippen molar-refractivity contribution in [1.82, 2.24) is 4.98 Å². The van der Waals surface area contributed by atoms with E-state index in [-0.39, 0.29) is 0 Å². The number of halogens is 2. The zero-order valence-electron chi connectivity index (χ0n) is 12.4. The number of piperidine rings is 1. The van der Waals surface area contributed by atoms with E-state index >= 15 is 0 Å². The molecule has 0 aliphatic carbocycles. The van der Waals surface area contributed by atoms with Crippen molar-refractivity contribution in [1.29, 1.82) is 5.26 Å². The minimum atomic E-state index is -0.485. The number of aromatic nitrogens is 1. The molecule has 2 aliphatic heterocycles. The lowest BCUT2D eigenvalue weighted by Crippen LogP contribution is -2.49. The van der Waals surface area contributed by atoms with Crippen LogP contribution in [0.2, 0.25) is 9.36 Å². The molecular formula is C17H15Cl2N3S. The maximum absolute atomic E-state index is 9.95. The number of nitrogens with zero attached hydrogens (tertiary/aromatic N) is 3. The topological polar surface area (TPSA) is 39.9 Å². The van der Waals surface area contributed by atoms with Gasteiger partial charge in [0.05, 0.1) is 25.8 Å². The molecule has 2 aromatic rings. The lowest BCUT2D eigenvalue weighted by atomic mass is 9.71. The van der Waals surface area contributed by atoms with Gasteiger partial charge in [-0.2, -0.15) is 5.26 Å². The van der Waals surface area contributed by atoms with Gasteiger partial charge in [0, 0.05) is 24.5 Å². The molecular weight excluding hydrogens is 349 g/mol. The van der Waals surface area contributed by atoms with Crippen LogP contribution >= 0.6 is 34.5 Å². The molecule has 2 atom stereocenters. The van der Waals surface area contributed by atoms with Gasteiger partial charge in [0.15, 0.2) is 0 Å². The molecule has 0 N–H and O–H groups in total. The molecule has 0 amide bonds. The molecule has 3 nitrogen and oxygen atoms in total. The summed E-state index contributed by atoms with van der Waals surface area (Å²) in [6.07, 6.45) is 7.30. The summed E-state index contributed by atoms with van der Waals surface area (Å²) in [7, 11) is 0. The van der Waals surface area contributed by atoms with E-state index in [0.29, 0.717) is 17.1 Å². The summed E-state index contributed by atoms with van der Waals surface area (Å²) < 4.78 is 0.815. The second-order valence-electron chi connectivity index (χ2n) is 6.36. The van der Waals surface area contributed by atoms with Crippen molar-refractivity contribution in [2.75, 3.05) is 4.90 Å². The highest BCUT2D eigenvalue weighted by molar-refractivity contribution is 7.19. The summed E-state index contributed by atoms with van der Waals surface area (Å²) in [6, 6.07) is 9.29. The first kappa shape index (κ1) is 15.3. The van der Waals surface area contributed by atoms with Crippen LogP contribution in [-0.4, -0.2) is 17.1 Å². The van der Waals surface area contributed by atoms with Crippen molar-refractivity contribution in [3.63, 3.8) is 0 Å². The first-order valence-electron chi connectivity index (χ1n) is 7.67. The molecule has 2 aromatic heterocycles. The Morgan fingerprint density at radius 3 is 2.52 bits per heavy atom. The predicted molar refractivity (Wildman–Crippen MR) is 94.4 cm³/mol. The van der Waals surface area contributed by atoms with Crippen molar-refractivity contribution in [2.24, 2.45) is 0 Å². The van der Waals surface area contributed by atoms with Crippen molar-refractivity contribution in [2.45, 2.75) is 43.2 Å². The Hall–Kier alpha value is -1.28. The Kier molecular flexibility index (Phi) is 3.76. The van der Waals surface area contributed by atoms with Crippen LogP contribution in [0, 0.1) is 11.3 Å². The molecule has 0 aromatic carbocycles. The van der Waals surface area contributed by atoms with Crippen molar-refractivity contribution < 1.29 is 0 Å². The molecule has 118 valence electrons. The van der Waals surface area contributed by atoms with Crippen LogP contribution in [0.1, 0.15) is 31.2 Å². The Bertz CT molecular complexity index is 768. The van der Waals surface area contributed by atoms with Crippen LogP contribution < -0.4 is 4.90 Å². The van der Waals surface area contributed by atoms with Crippen LogP contribution in [0.4, 0.5) is 5.00 Å². The third-order valence-corrected chi connectivity index (χ3v) is 6.52. The third kappa shape index (κ3) is 2.52. The second-order valence-corrected chi connectivity index (χ2v) is 8.49. The van der Waals surface area contributed by atoms with E-state index in [1.54, 1.807) is 23.7 Å². The highest BCUT2D eigenvalue weighted by atomic mass is 35.5. The fourth-order valence-corrected chi connectivity index (χ4v) is 5.47. The molecule has 4 rings (SSSR count). The molecule has 23 heavy (non-hydrogen) atoms. The van der Waals surface area contributed by atoms with Gasteiger partial charge >= 0.3 is 0 Å². The van der Waals surface area contributed by atoms with Gasteiger partial charge in [0.2, 0.25) is 0 Å². The monoisotopic (exact) mass is 363 g/mol. The molecule has 0 spiro atoms. The van der Waals surface area contributed by atoms with Crippen LogP contribution in [0.5, 0.6) is 0 Å². The summed E-state index contributed by atoms with van der Waals surface area (Å²) in [6.45, 7) is 0. The van der Waals surface area contributed by atoms with E-state index < -0.39 is 5.41 Å². The quantitative estimate of drug-likeness (QED) is 0.749. The number of anilines is 1. The molecule has 6 heteroatoms. The van der Waals surface area contributed by atoms with Gasteiger partial charge in [-0.05, 0) is 49.4 Å². The van der Waals surface area contributed by atoms with Crippen LogP contribution in [-0.2, 0) is 5.41 Å². The summed E-state index contributed by atoms with van der Waals surface area (Å²) in [5.74, 6) is 0. The van der Waals surface area contributed by atoms with E-state index in [9.17, 15) is 5.26 Å². The average Bonchev–Trinajstić information content (AvgIpc) is 3.08. The highest BCUT2D eigenvalue weighted by Crippen LogP contribution is 2.50. The second kappa shape index (κ2) is 5.66. The Morgan fingerprint density at radius 2 is 1.96 bits per heavy atom. The average molecular weight is 364 g/mol. The lowest BCUT2D eigenvalue weighted by Gasteiger charge is -2.44. The summed E-state index contributed by atoms with van der Waals surface area (Å²) in [4.78, 5) is 6.67. The number of nitriles is 1. The van der Waals surface area contributed by atoms with Gasteiger partial charge in [-0.25, -0.2) is 0 Å². The number of thiophene rings is 1. The van der Waals surface area contributed by atoms with Crippen LogP contribution in [0.25, 0.3) is 0 Å². The van der Waals surface area contributed by atoms with Crippen molar-refractivity contribution >= 4 is 39.5 Å². The zero-order valence-corrected chi connectivity index (χ0v) is 14.7. The van der Waals surface area contributed by atoms with E-state index in [4.69, 9.17) is 23.2 Å². The molecule has 2 fully saturated rings. The van der Waals surface area contributed by atoms with Gasteiger partial charge < -0.3 is 4.90 Å². The first-order valence-corrected chi connectivity index (χ1v) is 9.24. The lowest BCUT2D eigenvalue weighted by molar-refractivity contribution is 0.347. The van der Waals surface area contributed by atoms with Gasteiger partial charge in [0.1, 0.15) is 0 Å². The molecule has 4 heterocycles. The number of fused-ring (bicyclic) bond motifs is 2. The number of hydrogen-bond acceptors (Lipinski definition) is 4. The third-order valence-electron chi connectivity index (χ3n) is 5.07. The smallest absolute Gasteiger partial charge is 0.0950 e. The van der Waals surface area contributed by atoms with Gasteiger partial charge in [-0.1, -0.05) is 23.2 Å². The van der Waals surface area contributed by atoms with E-state index in [2.05, 4.69) is 22.0 Å². The maximum Gasteiger partial charge on any atom is 0.0950 e. The van der Waals surface area contributed by atoms with Gasteiger partial charge in [-0.15, -0.1) is 11.3 Å². The van der Waals surface area contributed by atoms with Gasteiger partial charge in [-0.3, -0.25) is 4.98 Å². The predicted octanol–water partition coefficient (Wildman–Crippen LogP) is 5.04. The SMILES string of the molecule is N#CC1(c2cncc(Cl)c2)CC2CCC(C1)N2c1ccc(Cl)s1. The highest BCUT2D eigenvalue weighted by Gasteiger charge is 2.50. The Morgan fingerprint density at radius 1 is 1.22 bits per heavy atom. The summed E-state index contributed by atoms with van der Waals surface area (Å²) in [5.41, 5.74) is 0.467. The van der Waals surface area contributed by atoms with Crippen molar-refractivity contribution in [3.05, 3.63) is 45.5 Å². The van der Waals surface area contributed by atoms with Crippen LogP contribution in [0.15, 0.2) is 30.6 Å². The van der Waals surface area contributed by atoms with Gasteiger partial charge in [0.25, 0.3) is 0 Å². The van der Waals surface area contributed by atoms with Crippen molar-refractivity contribution in [3.8, 4) is 6.07 Å². The minimum Gasteiger partial charge on any atom is -0.357 e. The molecule has 0 radical (unpaired) electrons. The summed E-state index contributed by atoms with van der Waals surface area (Å²) >= 11 is 13.8. The largest absolute Gasteiger partial charge is 0.357 e. The first-order chi connectivity index (χ1) is 11.1. The Balaban J connectivity index is 1.69. The molecule has 2 saturated heterocycles. The Labute approximate surface area is 149 Å². The number of hydrogen-bond donors (Lipinski definition) is 0. The zero-order chi connectivity index (χ0) is 16.0. The van der Waals surface area contributed by atoms with Crippen LogP contribution in [0.3, 0.4) is 0 Å². The standard InChI is InChI=1S/C17H15Cl2N3S/c18-12-5-11(8-21-9-12)17(10-20)6-13-1-2-14(7-17)22(13)16-4-3-15(19)23-16/h3-5,8-9,13-14H,1-2,6-7H2. The summed E-state index contributed by atoms with van der Waals surface area (Å²) in [5, 5.41) is 11.8. The fraction of sp³-hybridized carbons (Fsp3) is 0.412. The number of rotatable bonds is 2. The fourth-order valence-electron chi connectivity index (χ4n) is 4.12. The molecule has 2 unspecified atom stereocenters. The van der Waals surface area contributed by atoms with E-state index in [0.717, 1.165) is 35.6 Å². The van der Waals surface area contributed by atoms with E-state index in [1.165, 1.54) is 5.00 Å². The molecule has 2 bridgehead atoms.